The Hall–Kier alpha value is -3.99. The number of aromatic nitrogens is 2. The molecule has 3 aromatic rings. The van der Waals surface area contributed by atoms with Crippen molar-refractivity contribution >= 4 is 50.2 Å². The van der Waals surface area contributed by atoms with Gasteiger partial charge in [0.05, 0.1) is 17.6 Å². The number of carbonyl (C=O) groups excluding carboxylic acids is 1. The van der Waals surface area contributed by atoms with Crippen molar-refractivity contribution in [3.05, 3.63) is 70.2 Å². The third-order valence-electron chi connectivity index (χ3n) is 5.08. The summed E-state index contributed by atoms with van der Waals surface area (Å²) < 4.78 is 35.5. The molecule has 0 bridgehead atoms. The molecular formula is C24H25N5O5S. The van der Waals surface area contributed by atoms with E-state index in [1.807, 2.05) is 19.3 Å². The van der Waals surface area contributed by atoms with E-state index in [4.69, 9.17) is 4.74 Å². The third kappa shape index (κ3) is 5.75. The van der Waals surface area contributed by atoms with Crippen molar-refractivity contribution in [1.29, 1.82) is 0 Å². The van der Waals surface area contributed by atoms with Crippen LogP contribution in [0.2, 0.25) is 0 Å². The maximum absolute atomic E-state index is 13.4. The van der Waals surface area contributed by atoms with Crippen LogP contribution >= 0.6 is 0 Å². The molecule has 2 N–H and O–H groups in total. The number of hydrogen-bond donors (Lipinski definition) is 2. The highest BCUT2D eigenvalue weighted by Crippen LogP contribution is 2.26. The Morgan fingerprint density at radius 3 is 2.60 bits per heavy atom. The number of fused-ring (bicyclic) bond motifs is 2. The second kappa shape index (κ2) is 8.99. The number of rotatable bonds is 4. The van der Waals surface area contributed by atoms with Crippen molar-refractivity contribution < 1.29 is 17.9 Å². The van der Waals surface area contributed by atoms with Gasteiger partial charge in [-0.1, -0.05) is 18.2 Å². The number of aliphatic imine (C=N–C) groups is 1. The predicted molar refractivity (Wildman–Crippen MR) is 135 cm³/mol. The topological polar surface area (TPSA) is 132 Å². The van der Waals surface area contributed by atoms with E-state index >= 15 is 0 Å². The van der Waals surface area contributed by atoms with Crippen molar-refractivity contribution in [1.82, 2.24) is 14.5 Å². The summed E-state index contributed by atoms with van der Waals surface area (Å²) >= 11 is 0. The lowest BCUT2D eigenvalue weighted by atomic mass is 10.1. The average molecular weight is 496 g/mol. The normalized spacial score (nSPS) is 13.5. The van der Waals surface area contributed by atoms with Gasteiger partial charge in [0, 0.05) is 36.0 Å². The molecule has 0 atom stereocenters. The molecule has 2 aromatic carbocycles. The fraction of sp³-hybridized carbons (Fsp3) is 0.250. The molecule has 0 aliphatic carbocycles. The van der Waals surface area contributed by atoms with Crippen LogP contribution in [0.4, 0.5) is 16.2 Å². The van der Waals surface area contributed by atoms with Gasteiger partial charge in [0.1, 0.15) is 5.60 Å². The summed E-state index contributed by atoms with van der Waals surface area (Å²) in [7, 11) is -2.46. The van der Waals surface area contributed by atoms with Crippen LogP contribution in [0.5, 0.6) is 0 Å². The first-order chi connectivity index (χ1) is 16.4. The average Bonchev–Trinajstić information content (AvgIpc) is 2.98. The van der Waals surface area contributed by atoms with Gasteiger partial charge in [-0.25, -0.2) is 9.52 Å². The smallest absolute Gasteiger partial charge is 0.422 e. The maximum Gasteiger partial charge on any atom is 0.422 e. The lowest BCUT2D eigenvalue weighted by Crippen LogP contribution is -2.39. The van der Waals surface area contributed by atoms with Crippen LogP contribution in [-0.2, 0) is 28.4 Å². The third-order valence-corrected chi connectivity index (χ3v) is 6.02. The quantitative estimate of drug-likeness (QED) is 0.570. The van der Waals surface area contributed by atoms with E-state index in [2.05, 4.69) is 14.8 Å². The van der Waals surface area contributed by atoms with Crippen molar-refractivity contribution in [3.63, 3.8) is 0 Å². The first-order valence-electron chi connectivity index (χ1n) is 10.8. The summed E-state index contributed by atoms with van der Waals surface area (Å²) in [6, 6.07) is 8.10. The lowest BCUT2D eigenvalue weighted by molar-refractivity contribution is 0.0570. The zero-order chi connectivity index (χ0) is 25.4. The standard InChI is InChI=1S/C24H25N5O5S/c1-24(2,3)34-23(31)28-35(32,33)27-18-8-5-15-7-10-21-19(22(30)20(15)11-18)9-6-16(12-25-21)17-13-26-29(4)14-17/h5-8,10-14,27H,9H2,1-4H3,(H,28,31). The summed E-state index contributed by atoms with van der Waals surface area (Å²) in [5.74, 6) is 0. The van der Waals surface area contributed by atoms with Crippen LogP contribution in [0.25, 0.3) is 16.3 Å². The van der Waals surface area contributed by atoms with Crippen molar-refractivity contribution in [2.24, 2.45) is 12.0 Å². The lowest BCUT2D eigenvalue weighted by Gasteiger charge is -2.19. The molecule has 0 spiro atoms. The first-order valence-corrected chi connectivity index (χ1v) is 12.3. The fourth-order valence-electron chi connectivity index (χ4n) is 3.58. The Labute approximate surface area is 202 Å². The summed E-state index contributed by atoms with van der Waals surface area (Å²) in [5.41, 5.74) is 1.76. The molecule has 11 heteroatoms. The molecule has 0 radical (unpaired) electrons. The minimum absolute atomic E-state index is 0.120. The number of allylic oxidation sites excluding steroid dienone is 2. The molecule has 4 rings (SSSR count). The van der Waals surface area contributed by atoms with Crippen LogP contribution < -0.4 is 14.9 Å². The number of ether oxygens (including phenoxy) is 1. The highest BCUT2D eigenvalue weighted by Gasteiger charge is 2.21. The zero-order valence-electron chi connectivity index (χ0n) is 19.7. The zero-order valence-corrected chi connectivity index (χ0v) is 20.5. The number of carbonyl (C=O) groups is 1. The molecule has 1 aliphatic rings. The Morgan fingerprint density at radius 1 is 1.17 bits per heavy atom. The first kappa shape index (κ1) is 24.1. The molecular weight excluding hydrogens is 470 g/mol. The van der Waals surface area contributed by atoms with Crippen LogP contribution in [0.1, 0.15) is 31.9 Å². The van der Waals surface area contributed by atoms with Crippen molar-refractivity contribution in [2.75, 3.05) is 4.72 Å². The minimum Gasteiger partial charge on any atom is -0.443 e. The van der Waals surface area contributed by atoms with Gasteiger partial charge in [-0.2, -0.15) is 13.5 Å². The number of hydrogen-bond acceptors (Lipinski definition) is 7. The fourth-order valence-corrected chi connectivity index (χ4v) is 4.33. The molecule has 2 heterocycles. The number of nitrogens with one attached hydrogen (secondary N) is 2. The SMILES string of the molecule is Cn1cc(C2=CCc3c(ccc4ccc(NS(=O)(=O)NC(=O)OC(C)(C)C)cc4c3=O)N=C2)cn1. The second-order valence-corrected chi connectivity index (χ2v) is 10.5. The molecule has 0 saturated carbocycles. The number of aryl methyl sites for hydroxylation is 1. The molecule has 1 aliphatic heterocycles. The van der Waals surface area contributed by atoms with Gasteiger partial charge in [-0.15, -0.1) is 0 Å². The Morgan fingerprint density at radius 2 is 1.91 bits per heavy atom. The van der Waals surface area contributed by atoms with E-state index in [1.165, 1.54) is 12.1 Å². The molecule has 1 aromatic heterocycles. The largest absolute Gasteiger partial charge is 0.443 e. The highest BCUT2D eigenvalue weighted by molar-refractivity contribution is 7.91. The van der Waals surface area contributed by atoms with E-state index < -0.39 is 21.9 Å². The maximum atomic E-state index is 13.4. The Balaban J connectivity index is 1.66. The molecule has 0 unspecified atom stereocenters. The van der Waals surface area contributed by atoms with Gasteiger partial charge < -0.3 is 4.74 Å². The van der Waals surface area contributed by atoms with Gasteiger partial charge in [-0.05, 0) is 56.4 Å². The molecule has 10 nitrogen and oxygen atoms in total. The van der Waals surface area contributed by atoms with E-state index in [9.17, 15) is 18.0 Å². The molecule has 182 valence electrons. The predicted octanol–water partition coefficient (Wildman–Crippen LogP) is 3.46. The van der Waals surface area contributed by atoms with Crippen LogP contribution in [0.15, 0.2) is 58.6 Å². The van der Waals surface area contributed by atoms with E-state index in [1.54, 1.807) is 60.8 Å². The van der Waals surface area contributed by atoms with Gasteiger partial charge in [-0.3, -0.25) is 19.2 Å². The van der Waals surface area contributed by atoms with Gasteiger partial charge >= 0.3 is 16.3 Å². The highest BCUT2D eigenvalue weighted by atomic mass is 32.2. The number of nitrogens with zero attached hydrogens (tertiary/aromatic N) is 3. The Bertz CT molecular complexity index is 1550. The van der Waals surface area contributed by atoms with Crippen molar-refractivity contribution in [3.8, 4) is 0 Å². The molecule has 0 fully saturated rings. The van der Waals surface area contributed by atoms with E-state index in [-0.39, 0.29) is 11.1 Å². The number of amides is 1. The van der Waals surface area contributed by atoms with Crippen LogP contribution in [0.3, 0.4) is 0 Å². The second-order valence-electron chi connectivity index (χ2n) is 9.06. The van der Waals surface area contributed by atoms with Crippen LogP contribution in [0, 0.1) is 0 Å². The van der Waals surface area contributed by atoms with E-state index in [0.29, 0.717) is 28.4 Å². The molecule has 1 amide bonds. The Kier molecular flexibility index (Phi) is 6.20. The number of anilines is 1. The van der Waals surface area contributed by atoms with Gasteiger partial charge in [0.25, 0.3) is 0 Å². The monoisotopic (exact) mass is 495 g/mol. The summed E-state index contributed by atoms with van der Waals surface area (Å²) in [5, 5.41) is 5.12. The number of benzene rings is 1. The van der Waals surface area contributed by atoms with Gasteiger partial charge in [0.2, 0.25) is 0 Å². The van der Waals surface area contributed by atoms with Gasteiger partial charge in [0.15, 0.2) is 5.43 Å². The molecule has 0 saturated heterocycles. The summed E-state index contributed by atoms with van der Waals surface area (Å²) in [6.07, 6.45) is 6.45. The minimum atomic E-state index is -4.28. The van der Waals surface area contributed by atoms with E-state index in [0.717, 1.165) is 11.1 Å². The summed E-state index contributed by atoms with van der Waals surface area (Å²) in [6.45, 7) is 4.86. The van der Waals surface area contributed by atoms with Crippen LogP contribution in [-0.4, -0.2) is 36.1 Å². The van der Waals surface area contributed by atoms with Crippen molar-refractivity contribution in [2.45, 2.75) is 32.8 Å². The summed E-state index contributed by atoms with van der Waals surface area (Å²) in [4.78, 5) is 29.8. The molecule has 35 heavy (non-hydrogen) atoms.